The van der Waals surface area contributed by atoms with Gasteiger partial charge in [0.1, 0.15) is 6.04 Å². The van der Waals surface area contributed by atoms with E-state index in [1.54, 1.807) is 0 Å². The molecule has 0 radical (unpaired) electrons. The smallest absolute Gasteiger partial charge is 0.238 e. The fraction of sp³-hybridized carbons (Fsp3) is 0.300. The van der Waals surface area contributed by atoms with Crippen LogP contribution in [-0.2, 0) is 4.79 Å². The second kappa shape index (κ2) is 3.58. The lowest BCUT2D eigenvalue weighted by atomic mass is 9.96. The van der Waals surface area contributed by atoms with E-state index in [4.69, 9.17) is 11.5 Å². The molecule has 1 rings (SSSR count). The Kier molecular flexibility index (Phi) is 2.68. The van der Waals surface area contributed by atoms with Gasteiger partial charge in [-0.1, -0.05) is 18.2 Å². The summed E-state index contributed by atoms with van der Waals surface area (Å²) in [5.74, 6) is -0.489. The Balaban J connectivity index is 3.20. The van der Waals surface area contributed by atoms with Crippen LogP contribution in [0.2, 0.25) is 0 Å². The van der Waals surface area contributed by atoms with Crippen LogP contribution in [-0.4, -0.2) is 5.91 Å². The molecular formula is C10H14N2O. The van der Waals surface area contributed by atoms with Crippen molar-refractivity contribution in [2.24, 2.45) is 11.5 Å². The fourth-order valence-corrected chi connectivity index (χ4v) is 1.46. The summed E-state index contributed by atoms with van der Waals surface area (Å²) in [6.45, 7) is 3.84. The summed E-state index contributed by atoms with van der Waals surface area (Å²) in [4.78, 5) is 10.9. The first kappa shape index (κ1) is 9.74. The summed E-state index contributed by atoms with van der Waals surface area (Å²) in [6.07, 6.45) is 0. The monoisotopic (exact) mass is 178 g/mol. The molecule has 0 aromatic heterocycles. The maximum absolute atomic E-state index is 10.9. The highest BCUT2D eigenvalue weighted by Gasteiger charge is 2.15. The number of aryl methyl sites for hydroxylation is 2. The van der Waals surface area contributed by atoms with Gasteiger partial charge in [-0.05, 0) is 30.5 Å². The Morgan fingerprint density at radius 1 is 1.31 bits per heavy atom. The van der Waals surface area contributed by atoms with Crippen LogP contribution in [0.25, 0.3) is 0 Å². The van der Waals surface area contributed by atoms with E-state index < -0.39 is 11.9 Å². The van der Waals surface area contributed by atoms with Crippen LogP contribution in [0.3, 0.4) is 0 Å². The van der Waals surface area contributed by atoms with Crippen molar-refractivity contribution in [3.8, 4) is 0 Å². The van der Waals surface area contributed by atoms with Crippen molar-refractivity contribution in [3.63, 3.8) is 0 Å². The van der Waals surface area contributed by atoms with Crippen LogP contribution in [0.4, 0.5) is 0 Å². The molecule has 0 saturated heterocycles. The molecular weight excluding hydrogens is 164 g/mol. The number of benzene rings is 1. The minimum absolute atomic E-state index is 0.489. The molecule has 0 fully saturated rings. The molecule has 1 atom stereocenters. The van der Waals surface area contributed by atoms with E-state index in [0.717, 1.165) is 16.7 Å². The van der Waals surface area contributed by atoms with E-state index in [1.165, 1.54) is 0 Å². The first-order chi connectivity index (χ1) is 6.04. The quantitative estimate of drug-likeness (QED) is 0.703. The van der Waals surface area contributed by atoms with Gasteiger partial charge in [-0.15, -0.1) is 0 Å². The number of carbonyl (C=O) groups is 1. The van der Waals surface area contributed by atoms with Crippen LogP contribution in [0.15, 0.2) is 18.2 Å². The average Bonchev–Trinajstić information content (AvgIpc) is 2.03. The van der Waals surface area contributed by atoms with Crippen molar-refractivity contribution < 1.29 is 4.79 Å². The normalized spacial score (nSPS) is 12.5. The number of hydrogen-bond donors (Lipinski definition) is 2. The first-order valence-electron chi connectivity index (χ1n) is 4.15. The average molecular weight is 178 g/mol. The molecule has 0 aliphatic carbocycles. The molecule has 13 heavy (non-hydrogen) atoms. The summed E-state index contributed by atoms with van der Waals surface area (Å²) in [5, 5.41) is 0. The van der Waals surface area contributed by atoms with Crippen LogP contribution in [0, 0.1) is 13.8 Å². The number of primary amides is 1. The summed E-state index contributed by atoms with van der Waals surface area (Å²) in [6, 6.07) is 5.08. The summed E-state index contributed by atoms with van der Waals surface area (Å²) in [7, 11) is 0. The molecule has 4 N–H and O–H groups in total. The van der Waals surface area contributed by atoms with Crippen molar-refractivity contribution in [1.82, 2.24) is 0 Å². The molecule has 3 heteroatoms. The largest absolute Gasteiger partial charge is 0.368 e. The van der Waals surface area contributed by atoms with Crippen molar-refractivity contribution in [2.75, 3.05) is 0 Å². The highest BCUT2D eigenvalue weighted by atomic mass is 16.1. The highest BCUT2D eigenvalue weighted by molar-refractivity contribution is 5.82. The van der Waals surface area contributed by atoms with Gasteiger partial charge in [-0.25, -0.2) is 0 Å². The summed E-state index contributed by atoms with van der Waals surface area (Å²) in [5.41, 5.74) is 13.7. The van der Waals surface area contributed by atoms with E-state index in [1.807, 2.05) is 32.0 Å². The van der Waals surface area contributed by atoms with Crippen LogP contribution in [0.5, 0.6) is 0 Å². The van der Waals surface area contributed by atoms with Gasteiger partial charge in [-0.2, -0.15) is 0 Å². The van der Waals surface area contributed by atoms with E-state index in [9.17, 15) is 4.79 Å². The molecule has 70 valence electrons. The maximum atomic E-state index is 10.9. The molecule has 0 aliphatic heterocycles. The molecule has 1 unspecified atom stereocenters. The number of nitrogens with two attached hydrogens (primary N) is 2. The first-order valence-corrected chi connectivity index (χ1v) is 4.15. The summed E-state index contributed by atoms with van der Waals surface area (Å²) >= 11 is 0. The van der Waals surface area contributed by atoms with Gasteiger partial charge in [0, 0.05) is 0 Å². The summed E-state index contributed by atoms with van der Waals surface area (Å²) < 4.78 is 0. The van der Waals surface area contributed by atoms with Crippen molar-refractivity contribution >= 4 is 5.91 Å². The second-order valence-electron chi connectivity index (χ2n) is 3.19. The maximum Gasteiger partial charge on any atom is 0.238 e. The van der Waals surface area contributed by atoms with Crippen LogP contribution >= 0.6 is 0 Å². The predicted octanol–water partition coefficient (Wildman–Crippen LogP) is 0.789. The Bertz CT molecular complexity index is 313. The van der Waals surface area contributed by atoms with E-state index in [0.29, 0.717) is 0 Å². The molecule has 1 amide bonds. The van der Waals surface area contributed by atoms with Crippen LogP contribution < -0.4 is 11.5 Å². The minimum Gasteiger partial charge on any atom is -0.368 e. The molecule has 0 aliphatic rings. The van der Waals surface area contributed by atoms with Gasteiger partial charge in [-0.3, -0.25) is 4.79 Å². The van der Waals surface area contributed by atoms with E-state index in [2.05, 4.69) is 0 Å². The number of rotatable bonds is 2. The topological polar surface area (TPSA) is 69.1 Å². The fourth-order valence-electron chi connectivity index (χ4n) is 1.46. The standard InChI is InChI=1S/C10H14N2O/c1-6-4-3-5-7(2)8(6)9(11)10(12)13/h3-5,9H,11H2,1-2H3,(H2,12,13). The lowest BCUT2D eigenvalue weighted by Gasteiger charge is -2.13. The molecule has 3 nitrogen and oxygen atoms in total. The van der Waals surface area contributed by atoms with Crippen molar-refractivity contribution in [1.29, 1.82) is 0 Å². The number of amides is 1. The van der Waals surface area contributed by atoms with Gasteiger partial charge in [0.05, 0.1) is 0 Å². The molecule has 0 bridgehead atoms. The molecule has 1 aromatic rings. The van der Waals surface area contributed by atoms with E-state index >= 15 is 0 Å². The minimum atomic E-state index is -0.693. The Hall–Kier alpha value is -1.35. The Morgan fingerprint density at radius 3 is 2.15 bits per heavy atom. The molecule has 0 saturated carbocycles. The third kappa shape index (κ3) is 1.87. The van der Waals surface area contributed by atoms with Gasteiger partial charge < -0.3 is 11.5 Å². The van der Waals surface area contributed by atoms with E-state index in [-0.39, 0.29) is 0 Å². The molecule has 1 aromatic carbocycles. The zero-order valence-corrected chi connectivity index (χ0v) is 7.87. The SMILES string of the molecule is Cc1cccc(C)c1C(N)C(N)=O. The van der Waals surface area contributed by atoms with Gasteiger partial charge in [0.2, 0.25) is 5.91 Å². The second-order valence-corrected chi connectivity index (χ2v) is 3.19. The third-order valence-corrected chi connectivity index (χ3v) is 2.16. The van der Waals surface area contributed by atoms with Crippen LogP contribution in [0.1, 0.15) is 22.7 Å². The zero-order valence-electron chi connectivity index (χ0n) is 7.87. The molecule has 0 heterocycles. The van der Waals surface area contributed by atoms with Gasteiger partial charge in [0.15, 0.2) is 0 Å². The third-order valence-electron chi connectivity index (χ3n) is 2.16. The lowest BCUT2D eigenvalue weighted by molar-refractivity contribution is -0.119. The van der Waals surface area contributed by atoms with Crippen molar-refractivity contribution in [3.05, 3.63) is 34.9 Å². The highest BCUT2D eigenvalue weighted by Crippen LogP contribution is 2.19. The Morgan fingerprint density at radius 2 is 1.77 bits per heavy atom. The zero-order chi connectivity index (χ0) is 10.0. The van der Waals surface area contributed by atoms with Gasteiger partial charge in [0.25, 0.3) is 0 Å². The van der Waals surface area contributed by atoms with Crippen molar-refractivity contribution in [2.45, 2.75) is 19.9 Å². The predicted molar refractivity (Wildman–Crippen MR) is 52.0 cm³/mol. The number of carbonyl (C=O) groups excluding carboxylic acids is 1. The lowest BCUT2D eigenvalue weighted by Crippen LogP contribution is -2.29. The van der Waals surface area contributed by atoms with Gasteiger partial charge >= 0.3 is 0 Å². The number of hydrogen-bond acceptors (Lipinski definition) is 2. The Labute approximate surface area is 77.7 Å². The molecule has 0 spiro atoms.